The van der Waals surface area contributed by atoms with Crippen LogP contribution in [-0.2, 0) is 13.2 Å². The highest BCUT2D eigenvalue weighted by atomic mass is 16.5. The van der Waals surface area contributed by atoms with Crippen molar-refractivity contribution in [2.45, 2.75) is 13.2 Å². The molecule has 0 radical (unpaired) electrons. The number of benzene rings is 1. The summed E-state index contributed by atoms with van der Waals surface area (Å²) in [6, 6.07) is 8.66. The first-order valence-electron chi connectivity index (χ1n) is 5.64. The van der Waals surface area contributed by atoms with Gasteiger partial charge in [0.05, 0.1) is 12.9 Å². The van der Waals surface area contributed by atoms with Gasteiger partial charge in [0.2, 0.25) is 0 Å². The van der Waals surface area contributed by atoms with Crippen LogP contribution in [0, 0.1) is 0 Å². The lowest BCUT2D eigenvalue weighted by Gasteiger charge is -2.06. The van der Waals surface area contributed by atoms with Gasteiger partial charge in [-0.25, -0.2) is 5.84 Å². The third-order valence-electron chi connectivity index (χ3n) is 2.58. The molecule has 6 heteroatoms. The van der Waals surface area contributed by atoms with Crippen molar-refractivity contribution in [2.75, 3.05) is 0 Å². The topological polar surface area (TPSA) is 97.7 Å². The van der Waals surface area contributed by atoms with Gasteiger partial charge in [-0.2, -0.15) is 0 Å². The van der Waals surface area contributed by atoms with Gasteiger partial charge in [0, 0.05) is 5.56 Å². The van der Waals surface area contributed by atoms with Crippen molar-refractivity contribution in [3.63, 3.8) is 0 Å². The summed E-state index contributed by atoms with van der Waals surface area (Å²) in [6.45, 7) is 0.181. The molecule has 2 aromatic rings. The Bertz CT molecular complexity index is 548. The largest absolute Gasteiger partial charge is 0.489 e. The molecule has 0 spiro atoms. The second kappa shape index (κ2) is 6.03. The van der Waals surface area contributed by atoms with Gasteiger partial charge < -0.3 is 14.3 Å². The number of carbonyl (C=O) groups is 1. The molecule has 0 saturated heterocycles. The molecule has 0 fully saturated rings. The number of carbonyl (C=O) groups excluding carboxylic acids is 1. The van der Waals surface area contributed by atoms with Crippen LogP contribution in [0.3, 0.4) is 0 Å². The Morgan fingerprint density at radius 3 is 2.68 bits per heavy atom. The molecule has 0 saturated carbocycles. The van der Waals surface area contributed by atoms with Crippen LogP contribution in [0.15, 0.2) is 41.0 Å². The van der Waals surface area contributed by atoms with Crippen LogP contribution in [0.2, 0.25) is 0 Å². The Hall–Kier alpha value is -2.31. The van der Waals surface area contributed by atoms with E-state index in [1.807, 2.05) is 5.43 Å². The molecule has 0 aliphatic rings. The number of rotatable bonds is 5. The number of ether oxygens (including phenoxy) is 1. The molecule has 1 aromatic heterocycles. The lowest BCUT2D eigenvalue weighted by atomic mass is 10.2. The van der Waals surface area contributed by atoms with Gasteiger partial charge >= 0.3 is 5.91 Å². The first-order chi connectivity index (χ1) is 9.24. The highest BCUT2D eigenvalue weighted by Crippen LogP contribution is 2.16. The highest BCUT2D eigenvalue weighted by molar-refractivity contribution is 5.92. The van der Waals surface area contributed by atoms with Crippen molar-refractivity contribution >= 4 is 5.91 Å². The monoisotopic (exact) mass is 262 g/mol. The van der Waals surface area contributed by atoms with E-state index in [0.29, 0.717) is 11.3 Å². The van der Waals surface area contributed by atoms with Crippen LogP contribution in [-0.4, -0.2) is 11.0 Å². The maximum absolute atomic E-state index is 11.4. The molecule has 0 bridgehead atoms. The number of nitrogens with one attached hydrogen (secondary N) is 1. The molecular formula is C13H14N2O4. The van der Waals surface area contributed by atoms with Gasteiger partial charge in [0.25, 0.3) is 0 Å². The normalized spacial score (nSPS) is 10.2. The molecule has 0 unspecified atom stereocenters. The SMILES string of the molecule is NNC(=O)c1occc1COc1ccc(CO)cc1. The average molecular weight is 262 g/mol. The number of amides is 1. The highest BCUT2D eigenvalue weighted by Gasteiger charge is 2.14. The maximum atomic E-state index is 11.4. The van der Waals surface area contributed by atoms with E-state index in [-0.39, 0.29) is 19.0 Å². The second-order valence-electron chi connectivity index (χ2n) is 3.84. The van der Waals surface area contributed by atoms with E-state index in [1.165, 1.54) is 6.26 Å². The molecule has 0 aliphatic carbocycles. The minimum absolute atomic E-state index is 0.0111. The maximum Gasteiger partial charge on any atom is 0.301 e. The molecule has 19 heavy (non-hydrogen) atoms. The Kier molecular flexibility index (Phi) is 4.17. The fraction of sp³-hybridized carbons (Fsp3) is 0.154. The predicted octanol–water partition coefficient (Wildman–Crippen LogP) is 0.954. The van der Waals surface area contributed by atoms with E-state index in [9.17, 15) is 4.79 Å². The fourth-order valence-corrected chi connectivity index (χ4v) is 1.57. The summed E-state index contributed by atoms with van der Waals surface area (Å²) in [6.07, 6.45) is 1.40. The molecular weight excluding hydrogens is 248 g/mol. The Balaban J connectivity index is 2.02. The van der Waals surface area contributed by atoms with E-state index < -0.39 is 5.91 Å². The Morgan fingerprint density at radius 1 is 1.32 bits per heavy atom. The molecule has 100 valence electrons. The summed E-state index contributed by atoms with van der Waals surface area (Å²) >= 11 is 0. The van der Waals surface area contributed by atoms with Crippen LogP contribution < -0.4 is 16.0 Å². The van der Waals surface area contributed by atoms with Gasteiger partial charge in [0.15, 0.2) is 5.76 Å². The molecule has 0 atom stereocenters. The summed E-state index contributed by atoms with van der Waals surface area (Å²) in [4.78, 5) is 11.4. The number of aliphatic hydroxyl groups is 1. The number of hydrogen-bond donors (Lipinski definition) is 3. The van der Waals surface area contributed by atoms with Crippen molar-refractivity contribution in [2.24, 2.45) is 5.84 Å². The van der Waals surface area contributed by atoms with Crippen LogP contribution in [0.5, 0.6) is 5.75 Å². The van der Waals surface area contributed by atoms with E-state index >= 15 is 0 Å². The quantitative estimate of drug-likeness (QED) is 0.423. The molecule has 4 N–H and O–H groups in total. The second-order valence-corrected chi connectivity index (χ2v) is 3.84. The van der Waals surface area contributed by atoms with Gasteiger partial charge in [-0.15, -0.1) is 0 Å². The van der Waals surface area contributed by atoms with Crippen LogP contribution in [0.25, 0.3) is 0 Å². The zero-order chi connectivity index (χ0) is 13.7. The Morgan fingerprint density at radius 2 is 2.05 bits per heavy atom. The van der Waals surface area contributed by atoms with E-state index in [2.05, 4.69) is 0 Å². The van der Waals surface area contributed by atoms with Crippen molar-refractivity contribution < 1.29 is 19.1 Å². The fourth-order valence-electron chi connectivity index (χ4n) is 1.57. The molecule has 6 nitrogen and oxygen atoms in total. The lowest BCUT2D eigenvalue weighted by Crippen LogP contribution is -2.30. The average Bonchev–Trinajstić information content (AvgIpc) is 2.93. The molecule has 1 aromatic carbocycles. The number of furan rings is 1. The van der Waals surface area contributed by atoms with Crippen molar-refractivity contribution in [3.05, 3.63) is 53.5 Å². The molecule has 1 amide bonds. The molecule has 1 heterocycles. The van der Waals surface area contributed by atoms with Gasteiger partial charge in [-0.05, 0) is 23.8 Å². The lowest BCUT2D eigenvalue weighted by molar-refractivity contribution is 0.0922. The number of hydrogen-bond acceptors (Lipinski definition) is 5. The smallest absolute Gasteiger partial charge is 0.301 e. The van der Waals surface area contributed by atoms with Crippen LogP contribution >= 0.6 is 0 Å². The van der Waals surface area contributed by atoms with E-state index in [0.717, 1.165) is 5.56 Å². The van der Waals surface area contributed by atoms with Crippen molar-refractivity contribution in [1.29, 1.82) is 0 Å². The first-order valence-corrected chi connectivity index (χ1v) is 5.64. The molecule has 2 rings (SSSR count). The summed E-state index contributed by atoms with van der Waals surface area (Å²) in [5.41, 5.74) is 3.42. The van der Waals surface area contributed by atoms with Gasteiger partial charge in [0.1, 0.15) is 12.4 Å². The predicted molar refractivity (Wildman–Crippen MR) is 67.1 cm³/mol. The van der Waals surface area contributed by atoms with Crippen molar-refractivity contribution in [3.8, 4) is 5.75 Å². The number of aliphatic hydroxyl groups excluding tert-OH is 1. The van der Waals surface area contributed by atoms with Crippen LogP contribution in [0.1, 0.15) is 21.7 Å². The minimum Gasteiger partial charge on any atom is -0.489 e. The number of hydrazine groups is 1. The van der Waals surface area contributed by atoms with Crippen molar-refractivity contribution in [1.82, 2.24) is 5.43 Å². The summed E-state index contributed by atoms with van der Waals surface area (Å²) in [7, 11) is 0. The first kappa shape index (κ1) is 13.1. The van der Waals surface area contributed by atoms with Gasteiger partial charge in [-0.3, -0.25) is 10.2 Å². The summed E-state index contributed by atoms with van der Waals surface area (Å²) in [5.74, 6) is 5.32. The van der Waals surface area contributed by atoms with E-state index in [1.54, 1.807) is 30.3 Å². The third-order valence-corrected chi connectivity index (χ3v) is 2.58. The zero-order valence-corrected chi connectivity index (χ0v) is 10.1. The van der Waals surface area contributed by atoms with Gasteiger partial charge in [-0.1, -0.05) is 12.1 Å². The standard InChI is InChI=1S/C13H14N2O4/c14-15-13(17)12-10(5-6-18-12)8-19-11-3-1-9(7-16)2-4-11/h1-6,16H,7-8,14H2,(H,15,17). The number of nitrogen functional groups attached to an aromatic ring is 1. The summed E-state index contributed by atoms with van der Waals surface area (Å²) < 4.78 is 10.6. The van der Waals surface area contributed by atoms with E-state index in [4.69, 9.17) is 20.1 Å². The van der Waals surface area contributed by atoms with Crippen LogP contribution in [0.4, 0.5) is 0 Å². The third kappa shape index (κ3) is 3.12. The minimum atomic E-state index is -0.501. The molecule has 0 aliphatic heterocycles. The number of nitrogens with two attached hydrogens (primary N) is 1. The Labute approximate surface area is 109 Å². The zero-order valence-electron chi connectivity index (χ0n) is 10.1. The summed E-state index contributed by atoms with van der Waals surface area (Å²) in [5, 5.41) is 8.92.